The lowest BCUT2D eigenvalue weighted by atomic mass is 10.1. The van der Waals surface area contributed by atoms with Crippen molar-refractivity contribution in [2.45, 2.75) is 0 Å². The van der Waals surface area contributed by atoms with Crippen molar-refractivity contribution in [3.8, 4) is 39.9 Å². The minimum atomic E-state index is 0.642. The monoisotopic (exact) mass is 552 g/mol. The Hall–Kier alpha value is -4.61. The van der Waals surface area contributed by atoms with E-state index in [2.05, 4.69) is 87.2 Å². The van der Waals surface area contributed by atoms with Crippen LogP contribution >= 0.6 is 15.9 Å². The van der Waals surface area contributed by atoms with Gasteiger partial charge in [0, 0.05) is 37.6 Å². The molecule has 180 valence electrons. The fraction of sp³-hybridized carbons (Fsp3) is 0. The summed E-state index contributed by atoms with van der Waals surface area (Å²) in [6.45, 7) is 0. The number of rotatable bonds is 4. The molecule has 0 saturated heterocycles. The average molecular weight is 553 g/mol. The molecule has 7 aromatic rings. The largest absolute Gasteiger partial charge is 0.309 e. The number of hydrogen-bond donors (Lipinski definition) is 0. The van der Waals surface area contributed by atoms with Crippen molar-refractivity contribution in [3.05, 3.63) is 132 Å². The highest BCUT2D eigenvalue weighted by Crippen LogP contribution is 2.34. The van der Waals surface area contributed by atoms with Crippen LogP contribution in [-0.4, -0.2) is 19.5 Å². The van der Waals surface area contributed by atoms with E-state index in [9.17, 15) is 0 Å². The van der Waals surface area contributed by atoms with Crippen LogP contribution in [0.3, 0.4) is 0 Å². The highest BCUT2D eigenvalue weighted by Gasteiger charge is 2.15. The zero-order valence-corrected chi connectivity index (χ0v) is 21.9. The number of nitrogens with zero attached hydrogens (tertiary/aromatic N) is 4. The summed E-state index contributed by atoms with van der Waals surface area (Å²) in [5, 5.41) is 2.42. The number of aromatic nitrogens is 4. The first kappa shape index (κ1) is 22.6. The van der Waals surface area contributed by atoms with Crippen LogP contribution < -0.4 is 0 Å². The summed E-state index contributed by atoms with van der Waals surface area (Å²) < 4.78 is 3.37. The van der Waals surface area contributed by atoms with Gasteiger partial charge in [-0.1, -0.05) is 107 Å². The number of para-hydroxylation sites is 1. The normalized spacial score (nSPS) is 11.3. The molecule has 5 heteroatoms. The Labute approximate surface area is 228 Å². The Morgan fingerprint density at radius 2 is 1.00 bits per heavy atom. The number of fused-ring (bicyclic) bond motifs is 3. The molecule has 0 saturated carbocycles. The van der Waals surface area contributed by atoms with Crippen molar-refractivity contribution in [3.63, 3.8) is 0 Å². The molecule has 0 bridgehead atoms. The lowest BCUT2D eigenvalue weighted by Crippen LogP contribution is -2.01. The second kappa shape index (κ2) is 9.36. The number of hydrogen-bond acceptors (Lipinski definition) is 3. The minimum absolute atomic E-state index is 0.642. The van der Waals surface area contributed by atoms with Crippen LogP contribution in [0.4, 0.5) is 0 Å². The molecule has 0 fully saturated rings. The Bertz CT molecular complexity index is 1870. The van der Waals surface area contributed by atoms with E-state index in [0.29, 0.717) is 17.5 Å². The predicted octanol–water partition coefficient (Wildman–Crippen LogP) is 8.73. The van der Waals surface area contributed by atoms with Gasteiger partial charge in [0.05, 0.1) is 11.0 Å². The third-order valence-electron chi connectivity index (χ3n) is 6.70. The summed E-state index contributed by atoms with van der Waals surface area (Å²) in [7, 11) is 0. The van der Waals surface area contributed by atoms with Crippen LogP contribution in [0.25, 0.3) is 61.7 Å². The van der Waals surface area contributed by atoms with E-state index in [1.165, 1.54) is 10.8 Å². The molecule has 0 unspecified atom stereocenters. The molecule has 0 aliphatic rings. The van der Waals surface area contributed by atoms with Crippen LogP contribution in [0.1, 0.15) is 0 Å². The van der Waals surface area contributed by atoms with Gasteiger partial charge in [0.1, 0.15) is 0 Å². The number of halogens is 1. The van der Waals surface area contributed by atoms with E-state index in [1.807, 2.05) is 60.7 Å². The molecule has 0 aliphatic heterocycles. The number of benzene rings is 5. The molecule has 0 radical (unpaired) electrons. The molecule has 0 atom stereocenters. The quantitative estimate of drug-likeness (QED) is 0.219. The maximum atomic E-state index is 4.92. The summed E-state index contributed by atoms with van der Waals surface area (Å²) in [5.41, 5.74) is 6.21. The van der Waals surface area contributed by atoms with E-state index in [0.717, 1.165) is 37.9 Å². The molecule has 2 heterocycles. The molecule has 5 aromatic carbocycles. The fourth-order valence-electron chi connectivity index (χ4n) is 4.95. The lowest BCUT2D eigenvalue weighted by Gasteiger charge is -2.11. The fourth-order valence-corrected chi connectivity index (χ4v) is 5.31. The van der Waals surface area contributed by atoms with Gasteiger partial charge in [-0.3, -0.25) is 0 Å². The molecule has 0 N–H and O–H groups in total. The van der Waals surface area contributed by atoms with Crippen molar-refractivity contribution in [2.75, 3.05) is 0 Å². The van der Waals surface area contributed by atoms with E-state index in [1.54, 1.807) is 0 Å². The topological polar surface area (TPSA) is 43.6 Å². The molecule has 38 heavy (non-hydrogen) atoms. The molecule has 0 amide bonds. The molecule has 0 spiro atoms. The van der Waals surface area contributed by atoms with Gasteiger partial charge in [-0.05, 0) is 36.4 Å². The Morgan fingerprint density at radius 1 is 0.447 bits per heavy atom. The van der Waals surface area contributed by atoms with Crippen molar-refractivity contribution < 1.29 is 0 Å². The molecular formula is C33H21BrN4. The average Bonchev–Trinajstić information content (AvgIpc) is 3.31. The van der Waals surface area contributed by atoms with Gasteiger partial charge in [-0.2, -0.15) is 0 Å². The molecule has 4 nitrogen and oxygen atoms in total. The van der Waals surface area contributed by atoms with Crippen molar-refractivity contribution in [1.29, 1.82) is 0 Å². The van der Waals surface area contributed by atoms with Crippen LogP contribution in [0, 0.1) is 0 Å². The highest BCUT2D eigenvalue weighted by molar-refractivity contribution is 9.10. The second-order valence-corrected chi connectivity index (χ2v) is 10.0. The summed E-state index contributed by atoms with van der Waals surface area (Å²) in [6.07, 6.45) is 0. The maximum Gasteiger partial charge on any atom is 0.164 e. The summed E-state index contributed by atoms with van der Waals surface area (Å²) in [4.78, 5) is 14.7. The predicted molar refractivity (Wildman–Crippen MR) is 158 cm³/mol. The Balaban J connectivity index is 1.44. The van der Waals surface area contributed by atoms with Gasteiger partial charge in [0.25, 0.3) is 0 Å². The first-order valence-corrected chi connectivity index (χ1v) is 13.2. The van der Waals surface area contributed by atoms with Gasteiger partial charge in [-0.15, -0.1) is 0 Å². The first-order chi connectivity index (χ1) is 18.7. The first-order valence-electron chi connectivity index (χ1n) is 12.4. The van der Waals surface area contributed by atoms with E-state index < -0.39 is 0 Å². The van der Waals surface area contributed by atoms with Crippen LogP contribution in [0.5, 0.6) is 0 Å². The standard InChI is InChI=1S/C33H21BrN4/c34-25-18-19-30-28(21-25)27-16-7-8-17-29(27)38(30)26-15-9-14-24(20-26)33-36-31(22-10-3-1-4-11-22)35-32(37-33)23-12-5-2-6-13-23/h1-21H. The molecule has 7 rings (SSSR count). The summed E-state index contributed by atoms with van der Waals surface area (Å²) in [5.74, 6) is 1.95. The zero-order chi connectivity index (χ0) is 25.5. The minimum Gasteiger partial charge on any atom is -0.309 e. The van der Waals surface area contributed by atoms with Gasteiger partial charge in [-0.25, -0.2) is 15.0 Å². The van der Waals surface area contributed by atoms with Crippen molar-refractivity contribution in [2.24, 2.45) is 0 Å². The van der Waals surface area contributed by atoms with Gasteiger partial charge in [0.2, 0.25) is 0 Å². The van der Waals surface area contributed by atoms with E-state index >= 15 is 0 Å². The van der Waals surface area contributed by atoms with Crippen LogP contribution in [-0.2, 0) is 0 Å². The van der Waals surface area contributed by atoms with E-state index in [-0.39, 0.29) is 0 Å². The van der Waals surface area contributed by atoms with Gasteiger partial charge >= 0.3 is 0 Å². The van der Waals surface area contributed by atoms with Crippen molar-refractivity contribution >= 4 is 37.7 Å². The lowest BCUT2D eigenvalue weighted by molar-refractivity contribution is 1.07. The zero-order valence-electron chi connectivity index (χ0n) is 20.3. The smallest absolute Gasteiger partial charge is 0.164 e. The van der Waals surface area contributed by atoms with E-state index in [4.69, 9.17) is 15.0 Å². The summed E-state index contributed by atoms with van der Waals surface area (Å²) in [6, 6.07) is 43.5. The highest BCUT2D eigenvalue weighted by atomic mass is 79.9. The van der Waals surface area contributed by atoms with Crippen molar-refractivity contribution in [1.82, 2.24) is 19.5 Å². The van der Waals surface area contributed by atoms with Crippen LogP contribution in [0.2, 0.25) is 0 Å². The Morgan fingerprint density at radius 3 is 1.68 bits per heavy atom. The summed E-state index contributed by atoms with van der Waals surface area (Å²) >= 11 is 3.65. The third kappa shape index (κ3) is 3.98. The maximum absolute atomic E-state index is 4.92. The molecular weight excluding hydrogens is 532 g/mol. The van der Waals surface area contributed by atoms with Crippen LogP contribution in [0.15, 0.2) is 132 Å². The van der Waals surface area contributed by atoms with Gasteiger partial charge < -0.3 is 4.57 Å². The Kier molecular flexibility index (Phi) is 5.56. The molecule has 0 aliphatic carbocycles. The SMILES string of the molecule is Brc1ccc2c(c1)c1ccccc1n2-c1cccc(-c2nc(-c3ccccc3)nc(-c3ccccc3)n2)c1. The third-order valence-corrected chi connectivity index (χ3v) is 7.19. The molecule has 2 aromatic heterocycles. The van der Waals surface area contributed by atoms with Gasteiger partial charge in [0.15, 0.2) is 17.5 Å². The second-order valence-electron chi connectivity index (χ2n) is 9.10.